The average molecular weight is 637 g/mol. The molecule has 0 saturated carbocycles. The molecule has 0 bridgehead atoms. The molecule has 2 aromatic heterocycles. The Kier molecular flexibility index (Phi) is 6.53. The first-order valence-corrected chi connectivity index (χ1v) is 17.2. The molecular weight excluding hydrogens is 605 g/mol. The number of rotatable bonds is 5. The first kappa shape index (κ1) is 28.4. The normalized spacial score (nSPS) is 11.6. The Bertz CT molecular complexity index is 2660. The zero-order chi connectivity index (χ0) is 33.0. The quantitative estimate of drug-likeness (QED) is 0.178. The Labute approximate surface area is 290 Å². The average Bonchev–Trinajstić information content (AvgIpc) is 3.72. The van der Waals surface area contributed by atoms with Gasteiger partial charge in [0.1, 0.15) is 0 Å². The molecule has 10 aromatic rings. The van der Waals surface area contributed by atoms with Crippen molar-refractivity contribution < 1.29 is 0 Å². The molecule has 8 aromatic carbocycles. The van der Waals surface area contributed by atoms with Crippen LogP contribution in [0.5, 0.6) is 0 Å². The van der Waals surface area contributed by atoms with Gasteiger partial charge >= 0.3 is 0 Å². The van der Waals surface area contributed by atoms with Gasteiger partial charge in [-0.3, -0.25) is 0 Å². The van der Waals surface area contributed by atoms with Crippen molar-refractivity contribution in [3.63, 3.8) is 0 Å². The van der Waals surface area contributed by atoms with Crippen LogP contribution in [-0.4, -0.2) is 9.13 Å². The minimum atomic E-state index is 1.16. The first-order chi connectivity index (χ1) is 24.9. The smallest absolute Gasteiger partial charge is 0.0619 e. The monoisotopic (exact) mass is 636 g/mol. The molecule has 2 heteroatoms. The van der Waals surface area contributed by atoms with Crippen LogP contribution in [0, 0.1) is 0 Å². The molecule has 0 saturated heterocycles. The highest BCUT2D eigenvalue weighted by atomic mass is 15.0. The molecule has 0 aliphatic carbocycles. The van der Waals surface area contributed by atoms with Crippen molar-refractivity contribution in [1.82, 2.24) is 9.13 Å². The van der Waals surface area contributed by atoms with E-state index < -0.39 is 0 Å². The van der Waals surface area contributed by atoms with Gasteiger partial charge < -0.3 is 9.13 Å². The number of nitrogens with zero attached hydrogens (tertiary/aromatic N) is 2. The molecule has 2 heterocycles. The second-order valence-electron chi connectivity index (χ2n) is 12.9. The molecule has 0 atom stereocenters. The van der Waals surface area contributed by atoms with Crippen molar-refractivity contribution in [2.24, 2.45) is 0 Å². The van der Waals surface area contributed by atoms with E-state index in [0.29, 0.717) is 0 Å². The predicted octanol–water partition coefficient (Wildman–Crippen LogP) is 12.9. The molecular formula is C48H32N2. The van der Waals surface area contributed by atoms with Gasteiger partial charge in [-0.2, -0.15) is 0 Å². The largest absolute Gasteiger partial charge is 0.309 e. The Morgan fingerprint density at radius 3 is 0.940 bits per heavy atom. The van der Waals surface area contributed by atoms with E-state index in [1.54, 1.807) is 0 Å². The molecule has 0 radical (unpaired) electrons. The van der Waals surface area contributed by atoms with E-state index in [-0.39, 0.29) is 0 Å². The molecule has 50 heavy (non-hydrogen) atoms. The van der Waals surface area contributed by atoms with Crippen LogP contribution >= 0.6 is 0 Å². The lowest BCUT2D eigenvalue weighted by Gasteiger charge is -2.18. The molecule has 0 N–H and O–H groups in total. The number of para-hydroxylation sites is 6. The summed E-state index contributed by atoms with van der Waals surface area (Å²) in [5.41, 5.74) is 14.4. The van der Waals surface area contributed by atoms with Gasteiger partial charge in [0.15, 0.2) is 0 Å². The summed E-state index contributed by atoms with van der Waals surface area (Å²) in [6.45, 7) is 0. The lowest BCUT2D eigenvalue weighted by molar-refractivity contribution is 1.18. The third-order valence-corrected chi connectivity index (χ3v) is 10.1. The van der Waals surface area contributed by atoms with E-state index >= 15 is 0 Å². The summed E-state index contributed by atoms with van der Waals surface area (Å²) < 4.78 is 4.86. The summed E-state index contributed by atoms with van der Waals surface area (Å²) in [6.07, 6.45) is 0. The van der Waals surface area contributed by atoms with Gasteiger partial charge in [-0.15, -0.1) is 0 Å². The van der Waals surface area contributed by atoms with Crippen molar-refractivity contribution in [3.8, 4) is 44.8 Å². The van der Waals surface area contributed by atoms with E-state index in [2.05, 4.69) is 203 Å². The molecule has 0 amide bonds. The zero-order valence-electron chi connectivity index (χ0n) is 27.4. The van der Waals surface area contributed by atoms with Crippen LogP contribution in [0.1, 0.15) is 0 Å². The molecule has 0 aliphatic heterocycles. The van der Waals surface area contributed by atoms with Crippen LogP contribution in [0.15, 0.2) is 194 Å². The maximum absolute atomic E-state index is 2.43. The fourth-order valence-corrected chi connectivity index (χ4v) is 8.07. The Balaban J connectivity index is 1.27. The van der Waals surface area contributed by atoms with Gasteiger partial charge in [0, 0.05) is 44.0 Å². The first-order valence-electron chi connectivity index (χ1n) is 17.2. The van der Waals surface area contributed by atoms with Gasteiger partial charge in [-0.25, -0.2) is 0 Å². The lowest BCUT2D eigenvalue weighted by atomic mass is 9.88. The maximum Gasteiger partial charge on any atom is 0.0619 e. The maximum atomic E-state index is 2.43. The Morgan fingerprint density at radius 1 is 0.220 bits per heavy atom. The molecule has 0 aliphatic rings. The van der Waals surface area contributed by atoms with Crippen molar-refractivity contribution in [2.75, 3.05) is 0 Å². The van der Waals surface area contributed by atoms with Crippen molar-refractivity contribution >= 4 is 43.6 Å². The number of hydrogen-bond donors (Lipinski definition) is 0. The number of benzene rings is 8. The fraction of sp³-hybridized carbons (Fsp3) is 0. The lowest BCUT2D eigenvalue weighted by Crippen LogP contribution is -1.97. The molecule has 0 unspecified atom stereocenters. The molecule has 0 spiro atoms. The van der Waals surface area contributed by atoms with Gasteiger partial charge in [-0.1, -0.05) is 158 Å². The van der Waals surface area contributed by atoms with E-state index in [0.717, 1.165) is 11.4 Å². The summed E-state index contributed by atoms with van der Waals surface area (Å²) in [5.74, 6) is 0. The summed E-state index contributed by atoms with van der Waals surface area (Å²) >= 11 is 0. The number of fused-ring (bicyclic) bond motifs is 6. The van der Waals surface area contributed by atoms with Crippen LogP contribution in [0.2, 0.25) is 0 Å². The van der Waals surface area contributed by atoms with Crippen molar-refractivity contribution in [3.05, 3.63) is 194 Å². The second kappa shape index (κ2) is 11.5. The van der Waals surface area contributed by atoms with Gasteiger partial charge in [0.05, 0.1) is 22.1 Å². The summed E-state index contributed by atoms with van der Waals surface area (Å²) in [5, 5.41) is 5.02. The van der Waals surface area contributed by atoms with Crippen molar-refractivity contribution in [1.29, 1.82) is 0 Å². The van der Waals surface area contributed by atoms with E-state index in [1.807, 2.05) is 0 Å². The highest BCUT2D eigenvalue weighted by molar-refractivity contribution is 6.16. The van der Waals surface area contributed by atoms with Crippen LogP contribution in [0.25, 0.3) is 88.4 Å². The third-order valence-electron chi connectivity index (χ3n) is 10.1. The summed E-state index contributed by atoms with van der Waals surface area (Å²) in [4.78, 5) is 0. The van der Waals surface area contributed by atoms with Crippen LogP contribution in [-0.2, 0) is 0 Å². The number of aromatic nitrogens is 2. The summed E-state index contributed by atoms with van der Waals surface area (Å²) in [6, 6.07) is 70.4. The third kappa shape index (κ3) is 4.29. The van der Waals surface area contributed by atoms with Crippen LogP contribution in [0.3, 0.4) is 0 Å². The minimum Gasteiger partial charge on any atom is -0.309 e. The topological polar surface area (TPSA) is 9.86 Å². The van der Waals surface area contributed by atoms with Crippen LogP contribution < -0.4 is 0 Å². The van der Waals surface area contributed by atoms with Crippen LogP contribution in [0.4, 0.5) is 0 Å². The van der Waals surface area contributed by atoms with Gasteiger partial charge in [0.25, 0.3) is 0 Å². The molecule has 0 fully saturated rings. The molecule has 234 valence electrons. The van der Waals surface area contributed by atoms with Crippen molar-refractivity contribution in [2.45, 2.75) is 0 Å². The van der Waals surface area contributed by atoms with Gasteiger partial charge in [0.2, 0.25) is 0 Å². The number of hydrogen-bond acceptors (Lipinski definition) is 0. The van der Waals surface area contributed by atoms with E-state index in [9.17, 15) is 0 Å². The van der Waals surface area contributed by atoms with E-state index in [4.69, 9.17) is 0 Å². The van der Waals surface area contributed by atoms with E-state index in [1.165, 1.54) is 77.0 Å². The SMILES string of the molecule is c1ccc(-n2c3ccccc3c3cccc(-c4ccccc4-c4ccccc4-c4cccc5c6ccccc6n(-c6ccccc6)c45)c32)cc1. The highest BCUT2D eigenvalue weighted by Gasteiger charge is 2.21. The Hall–Kier alpha value is -6.64. The van der Waals surface area contributed by atoms with Gasteiger partial charge in [-0.05, 0) is 58.7 Å². The Morgan fingerprint density at radius 2 is 0.520 bits per heavy atom. The minimum absolute atomic E-state index is 1.16. The highest BCUT2D eigenvalue weighted by Crippen LogP contribution is 2.45. The second-order valence-corrected chi connectivity index (χ2v) is 12.9. The molecule has 2 nitrogen and oxygen atoms in total. The standard InChI is InChI=1S/C48H32N2/c1-3-17-33(18-4-1)49-45-31-13-11-25-39(45)43-29-15-27-41(47(43)49)37-23-9-7-21-35(37)36-22-8-10-24-38(36)42-28-16-30-44-40-26-12-14-32-46(40)50(48(42)44)34-19-5-2-6-20-34/h1-32H. The zero-order valence-corrected chi connectivity index (χ0v) is 27.4. The fourth-order valence-electron chi connectivity index (χ4n) is 8.07. The summed E-state index contributed by atoms with van der Waals surface area (Å²) in [7, 11) is 0. The molecule has 10 rings (SSSR count). The predicted molar refractivity (Wildman–Crippen MR) is 211 cm³/mol.